The SMILES string of the molecule is C[C@H]1C[C@@]2(O)C(F)C[C@@H](O)[C@H]2O1. The molecule has 0 aromatic carbocycles. The summed E-state index contributed by atoms with van der Waals surface area (Å²) in [5, 5.41) is 19.1. The van der Waals surface area contributed by atoms with Crippen LogP contribution >= 0.6 is 0 Å². The van der Waals surface area contributed by atoms with Crippen LogP contribution in [-0.2, 0) is 4.74 Å². The molecule has 2 rings (SSSR count). The molecule has 1 saturated carbocycles. The van der Waals surface area contributed by atoms with E-state index in [1.165, 1.54) is 0 Å². The van der Waals surface area contributed by atoms with Crippen molar-refractivity contribution in [2.45, 2.75) is 49.9 Å². The fourth-order valence-electron chi connectivity index (χ4n) is 2.26. The second kappa shape index (κ2) is 2.40. The molecule has 2 fully saturated rings. The summed E-state index contributed by atoms with van der Waals surface area (Å²) in [6.07, 6.45) is -2.79. The average molecular weight is 176 g/mol. The molecule has 2 N–H and O–H groups in total. The van der Waals surface area contributed by atoms with Crippen LogP contribution in [0, 0.1) is 0 Å². The first-order valence-electron chi connectivity index (χ1n) is 4.24. The maximum Gasteiger partial charge on any atom is 0.134 e. The number of alkyl halides is 1. The lowest BCUT2D eigenvalue weighted by Crippen LogP contribution is -2.42. The van der Waals surface area contributed by atoms with Crippen molar-refractivity contribution < 1.29 is 19.3 Å². The first-order valence-corrected chi connectivity index (χ1v) is 4.24. The lowest BCUT2D eigenvalue weighted by Gasteiger charge is -2.22. The quantitative estimate of drug-likeness (QED) is 0.546. The molecule has 5 atom stereocenters. The Hall–Kier alpha value is -0.190. The van der Waals surface area contributed by atoms with Crippen molar-refractivity contribution in [1.29, 1.82) is 0 Å². The van der Waals surface area contributed by atoms with Gasteiger partial charge < -0.3 is 14.9 Å². The van der Waals surface area contributed by atoms with Crippen molar-refractivity contribution >= 4 is 0 Å². The smallest absolute Gasteiger partial charge is 0.134 e. The Morgan fingerprint density at radius 1 is 1.58 bits per heavy atom. The monoisotopic (exact) mass is 176 g/mol. The third kappa shape index (κ3) is 0.917. The molecule has 1 saturated heterocycles. The van der Waals surface area contributed by atoms with Gasteiger partial charge in [-0.25, -0.2) is 4.39 Å². The summed E-state index contributed by atoms with van der Waals surface area (Å²) in [7, 11) is 0. The molecule has 2 aliphatic rings. The average Bonchev–Trinajstić information content (AvgIpc) is 2.34. The van der Waals surface area contributed by atoms with E-state index in [1.807, 2.05) is 0 Å². The predicted molar refractivity (Wildman–Crippen MR) is 39.4 cm³/mol. The van der Waals surface area contributed by atoms with Gasteiger partial charge in [0, 0.05) is 12.8 Å². The molecule has 12 heavy (non-hydrogen) atoms. The summed E-state index contributed by atoms with van der Waals surface area (Å²) in [5.74, 6) is 0. The van der Waals surface area contributed by atoms with Crippen molar-refractivity contribution in [3.8, 4) is 0 Å². The summed E-state index contributed by atoms with van der Waals surface area (Å²) in [6, 6.07) is 0. The molecule has 1 unspecified atom stereocenters. The van der Waals surface area contributed by atoms with Crippen LogP contribution in [0.3, 0.4) is 0 Å². The van der Waals surface area contributed by atoms with Crippen molar-refractivity contribution in [1.82, 2.24) is 0 Å². The van der Waals surface area contributed by atoms with Crippen LogP contribution in [0.25, 0.3) is 0 Å². The molecule has 0 spiro atoms. The molecule has 0 amide bonds. The van der Waals surface area contributed by atoms with Crippen LogP contribution in [0.1, 0.15) is 19.8 Å². The van der Waals surface area contributed by atoms with Crippen LogP contribution in [0.15, 0.2) is 0 Å². The summed E-state index contributed by atoms with van der Waals surface area (Å²) in [4.78, 5) is 0. The molecule has 0 bridgehead atoms. The van der Waals surface area contributed by atoms with Crippen molar-refractivity contribution in [2.24, 2.45) is 0 Å². The number of aliphatic hydroxyl groups is 2. The Morgan fingerprint density at radius 2 is 2.25 bits per heavy atom. The van der Waals surface area contributed by atoms with Gasteiger partial charge in [0.15, 0.2) is 0 Å². The van der Waals surface area contributed by atoms with E-state index in [-0.39, 0.29) is 18.9 Å². The largest absolute Gasteiger partial charge is 0.390 e. The third-order valence-electron chi connectivity index (χ3n) is 2.83. The number of aliphatic hydroxyl groups excluding tert-OH is 1. The summed E-state index contributed by atoms with van der Waals surface area (Å²) >= 11 is 0. The van der Waals surface area contributed by atoms with E-state index in [2.05, 4.69) is 0 Å². The first kappa shape index (κ1) is 8.41. The van der Waals surface area contributed by atoms with Gasteiger partial charge in [0.05, 0.1) is 12.2 Å². The van der Waals surface area contributed by atoms with Gasteiger partial charge in [-0.05, 0) is 6.92 Å². The fourth-order valence-corrected chi connectivity index (χ4v) is 2.26. The summed E-state index contributed by atoms with van der Waals surface area (Å²) in [6.45, 7) is 1.77. The summed E-state index contributed by atoms with van der Waals surface area (Å²) < 4.78 is 18.4. The highest BCUT2D eigenvalue weighted by Crippen LogP contribution is 2.44. The third-order valence-corrected chi connectivity index (χ3v) is 2.83. The molecule has 3 nitrogen and oxygen atoms in total. The molecule has 1 aliphatic heterocycles. The van der Waals surface area contributed by atoms with Gasteiger partial charge in [-0.15, -0.1) is 0 Å². The minimum absolute atomic E-state index is 0.00606. The minimum Gasteiger partial charge on any atom is -0.390 e. The van der Waals surface area contributed by atoms with Gasteiger partial charge in [0.25, 0.3) is 0 Å². The molecule has 70 valence electrons. The van der Waals surface area contributed by atoms with Crippen LogP contribution < -0.4 is 0 Å². The van der Waals surface area contributed by atoms with Crippen LogP contribution in [0.2, 0.25) is 0 Å². The highest BCUT2D eigenvalue weighted by atomic mass is 19.1. The number of fused-ring (bicyclic) bond motifs is 1. The number of rotatable bonds is 0. The maximum absolute atomic E-state index is 13.2. The van der Waals surface area contributed by atoms with E-state index in [4.69, 9.17) is 4.74 Å². The van der Waals surface area contributed by atoms with Crippen molar-refractivity contribution in [3.63, 3.8) is 0 Å². The fraction of sp³-hybridized carbons (Fsp3) is 1.00. The molecule has 0 aromatic rings. The van der Waals surface area contributed by atoms with E-state index in [0.717, 1.165) is 0 Å². The Bertz CT molecular complexity index is 199. The molecular weight excluding hydrogens is 163 g/mol. The highest BCUT2D eigenvalue weighted by Gasteiger charge is 2.60. The zero-order valence-electron chi connectivity index (χ0n) is 6.90. The van der Waals surface area contributed by atoms with E-state index in [1.54, 1.807) is 6.92 Å². The minimum atomic E-state index is -1.43. The van der Waals surface area contributed by atoms with Gasteiger partial charge in [-0.2, -0.15) is 0 Å². The molecule has 0 aromatic heterocycles. The standard InChI is InChI=1S/C8H13FO3/c1-4-3-8(11)6(9)2-5(10)7(8)12-4/h4-7,10-11H,2-3H2,1H3/t4-,5+,6?,7+,8+/m0/s1. The topological polar surface area (TPSA) is 49.7 Å². The van der Waals surface area contributed by atoms with E-state index >= 15 is 0 Å². The second-order valence-electron chi connectivity index (χ2n) is 3.83. The highest BCUT2D eigenvalue weighted by molar-refractivity contribution is 5.09. The molecule has 1 heterocycles. The van der Waals surface area contributed by atoms with E-state index in [9.17, 15) is 14.6 Å². The molecular formula is C8H13FO3. The molecule has 1 aliphatic carbocycles. The Kier molecular flexibility index (Phi) is 1.68. The summed E-state index contributed by atoms with van der Waals surface area (Å²) in [5.41, 5.74) is -1.43. The number of halogens is 1. The normalized spacial score (nSPS) is 59.0. The van der Waals surface area contributed by atoms with Gasteiger partial charge in [-0.3, -0.25) is 0 Å². The van der Waals surface area contributed by atoms with Gasteiger partial charge in [0.1, 0.15) is 17.9 Å². The molecule has 4 heteroatoms. The Balaban J connectivity index is 2.24. The van der Waals surface area contributed by atoms with Gasteiger partial charge in [0.2, 0.25) is 0 Å². The van der Waals surface area contributed by atoms with E-state index in [0.29, 0.717) is 0 Å². The van der Waals surface area contributed by atoms with Crippen LogP contribution in [0.4, 0.5) is 4.39 Å². The Morgan fingerprint density at radius 3 is 2.83 bits per heavy atom. The van der Waals surface area contributed by atoms with Crippen molar-refractivity contribution in [2.75, 3.05) is 0 Å². The number of hydrogen-bond acceptors (Lipinski definition) is 3. The van der Waals surface area contributed by atoms with E-state index < -0.39 is 24.0 Å². The lowest BCUT2D eigenvalue weighted by atomic mass is 9.95. The zero-order valence-corrected chi connectivity index (χ0v) is 6.90. The van der Waals surface area contributed by atoms with Crippen molar-refractivity contribution in [3.05, 3.63) is 0 Å². The maximum atomic E-state index is 13.2. The second-order valence-corrected chi connectivity index (χ2v) is 3.83. The number of hydrogen-bond donors (Lipinski definition) is 2. The van der Waals surface area contributed by atoms with Crippen LogP contribution in [-0.4, -0.2) is 40.3 Å². The number of ether oxygens (including phenoxy) is 1. The van der Waals surface area contributed by atoms with Crippen LogP contribution in [0.5, 0.6) is 0 Å². The van der Waals surface area contributed by atoms with Gasteiger partial charge in [-0.1, -0.05) is 0 Å². The first-order chi connectivity index (χ1) is 5.54. The molecule has 0 radical (unpaired) electrons. The zero-order chi connectivity index (χ0) is 8.93. The Labute approximate surface area is 70.1 Å². The predicted octanol–water partition coefficient (Wildman–Crippen LogP) is -0.00240. The van der Waals surface area contributed by atoms with Gasteiger partial charge >= 0.3 is 0 Å². The lowest BCUT2D eigenvalue weighted by molar-refractivity contribution is -0.0819.